The molecule has 0 aliphatic carbocycles. The van der Waals surface area contributed by atoms with E-state index in [2.05, 4.69) is 5.32 Å². The molecule has 0 unspecified atom stereocenters. The van der Waals surface area contributed by atoms with Crippen molar-refractivity contribution in [3.8, 4) is 0 Å². The van der Waals surface area contributed by atoms with Gasteiger partial charge in [0.25, 0.3) is 0 Å². The van der Waals surface area contributed by atoms with Crippen molar-refractivity contribution >= 4 is 18.0 Å². The third kappa shape index (κ3) is 5.52. The number of rotatable bonds is 6. The molecule has 2 N–H and O–H groups in total. The summed E-state index contributed by atoms with van der Waals surface area (Å²) in [7, 11) is 1.57. The minimum atomic E-state index is -0.998. The number of nitrogens with zero attached hydrogens (tertiary/aromatic N) is 1. The highest BCUT2D eigenvalue weighted by Gasteiger charge is 2.11. The molecule has 0 saturated heterocycles. The molecule has 1 aromatic carbocycles. The van der Waals surface area contributed by atoms with Crippen LogP contribution >= 0.6 is 0 Å². The zero-order chi connectivity index (χ0) is 15.8. The number of carboxylic acids is 1. The molecule has 0 heterocycles. The second-order valence-electron chi connectivity index (χ2n) is 4.32. The zero-order valence-electron chi connectivity index (χ0n) is 12.0. The summed E-state index contributed by atoms with van der Waals surface area (Å²) in [5.74, 6) is -1.49. The van der Waals surface area contributed by atoms with Crippen LogP contribution in [-0.4, -0.2) is 48.2 Å². The van der Waals surface area contributed by atoms with Crippen molar-refractivity contribution in [1.29, 1.82) is 0 Å². The summed E-state index contributed by atoms with van der Waals surface area (Å²) in [6.07, 6.45) is 0. The van der Waals surface area contributed by atoms with Gasteiger partial charge in [-0.2, -0.15) is 0 Å². The van der Waals surface area contributed by atoms with Crippen LogP contribution in [0.3, 0.4) is 0 Å². The van der Waals surface area contributed by atoms with E-state index in [1.807, 2.05) is 0 Å². The Morgan fingerprint density at radius 3 is 2.38 bits per heavy atom. The SMILES string of the molecule is CCOC(=O)CNC(=O)N(C)Cc1ccc(C(=O)O)cc1. The number of carbonyl (C=O) groups is 3. The Hall–Kier alpha value is -2.57. The van der Waals surface area contributed by atoms with Crippen LogP contribution in [0.25, 0.3) is 0 Å². The lowest BCUT2D eigenvalue weighted by Crippen LogP contribution is -2.39. The molecule has 7 heteroatoms. The van der Waals surface area contributed by atoms with Crippen LogP contribution in [0.1, 0.15) is 22.8 Å². The zero-order valence-corrected chi connectivity index (χ0v) is 12.0. The number of nitrogens with one attached hydrogen (secondary N) is 1. The Morgan fingerprint density at radius 2 is 1.86 bits per heavy atom. The van der Waals surface area contributed by atoms with Crippen LogP contribution in [-0.2, 0) is 16.1 Å². The van der Waals surface area contributed by atoms with Gasteiger partial charge < -0.3 is 20.1 Å². The van der Waals surface area contributed by atoms with Crippen LogP contribution in [0.4, 0.5) is 4.79 Å². The number of esters is 1. The molecule has 114 valence electrons. The molecule has 0 saturated carbocycles. The number of urea groups is 1. The van der Waals surface area contributed by atoms with Gasteiger partial charge in [0, 0.05) is 13.6 Å². The van der Waals surface area contributed by atoms with Gasteiger partial charge in [-0.15, -0.1) is 0 Å². The fourth-order valence-electron chi connectivity index (χ4n) is 1.59. The molecule has 0 atom stereocenters. The normalized spacial score (nSPS) is 9.81. The molecule has 7 nitrogen and oxygen atoms in total. The van der Waals surface area contributed by atoms with E-state index >= 15 is 0 Å². The lowest BCUT2D eigenvalue weighted by Gasteiger charge is -2.17. The maximum absolute atomic E-state index is 11.7. The molecular formula is C14H18N2O5. The van der Waals surface area contributed by atoms with E-state index in [0.29, 0.717) is 6.54 Å². The number of ether oxygens (including phenoxy) is 1. The molecule has 21 heavy (non-hydrogen) atoms. The van der Waals surface area contributed by atoms with Crippen LogP contribution in [0.5, 0.6) is 0 Å². The highest BCUT2D eigenvalue weighted by molar-refractivity contribution is 5.87. The van der Waals surface area contributed by atoms with Gasteiger partial charge in [0.05, 0.1) is 12.2 Å². The van der Waals surface area contributed by atoms with Crippen molar-refractivity contribution in [1.82, 2.24) is 10.2 Å². The van der Waals surface area contributed by atoms with Crippen LogP contribution < -0.4 is 5.32 Å². The third-order valence-electron chi connectivity index (χ3n) is 2.66. The average Bonchev–Trinajstić information content (AvgIpc) is 2.45. The second-order valence-corrected chi connectivity index (χ2v) is 4.32. The quantitative estimate of drug-likeness (QED) is 0.766. The first kappa shape index (κ1) is 16.5. The lowest BCUT2D eigenvalue weighted by molar-refractivity contribution is -0.141. The van der Waals surface area contributed by atoms with Gasteiger partial charge in [0.1, 0.15) is 6.54 Å². The predicted octanol–water partition coefficient (Wildman–Crippen LogP) is 1.09. The van der Waals surface area contributed by atoms with E-state index in [0.717, 1.165) is 5.56 Å². The monoisotopic (exact) mass is 294 g/mol. The highest BCUT2D eigenvalue weighted by atomic mass is 16.5. The van der Waals surface area contributed by atoms with Crippen LogP contribution in [0.2, 0.25) is 0 Å². The minimum absolute atomic E-state index is 0.186. The van der Waals surface area contributed by atoms with Gasteiger partial charge in [0.2, 0.25) is 0 Å². The highest BCUT2D eigenvalue weighted by Crippen LogP contribution is 2.07. The van der Waals surface area contributed by atoms with Gasteiger partial charge in [-0.1, -0.05) is 12.1 Å². The molecule has 0 aromatic heterocycles. The Kier molecular flexibility index (Phi) is 6.19. The van der Waals surface area contributed by atoms with Crippen molar-refractivity contribution in [2.45, 2.75) is 13.5 Å². The largest absolute Gasteiger partial charge is 0.478 e. The Balaban J connectivity index is 2.48. The molecule has 1 aromatic rings. The smallest absolute Gasteiger partial charge is 0.335 e. The van der Waals surface area contributed by atoms with E-state index in [-0.39, 0.29) is 18.7 Å². The predicted molar refractivity (Wildman–Crippen MR) is 74.9 cm³/mol. The van der Waals surface area contributed by atoms with Crippen molar-refractivity contribution in [3.63, 3.8) is 0 Å². The summed E-state index contributed by atoms with van der Waals surface area (Å²) in [4.78, 5) is 35.0. The number of benzene rings is 1. The Labute approximate surface area is 122 Å². The van der Waals surface area contributed by atoms with E-state index in [9.17, 15) is 14.4 Å². The minimum Gasteiger partial charge on any atom is -0.478 e. The number of hydrogen-bond acceptors (Lipinski definition) is 4. The Bertz CT molecular complexity index is 513. The summed E-state index contributed by atoms with van der Waals surface area (Å²) < 4.78 is 4.70. The van der Waals surface area contributed by atoms with Crippen molar-refractivity contribution < 1.29 is 24.2 Å². The van der Waals surface area contributed by atoms with Crippen molar-refractivity contribution in [2.24, 2.45) is 0 Å². The van der Waals surface area contributed by atoms with Gasteiger partial charge in [-0.05, 0) is 24.6 Å². The third-order valence-corrected chi connectivity index (χ3v) is 2.66. The maximum atomic E-state index is 11.7. The molecule has 0 bridgehead atoms. The topological polar surface area (TPSA) is 95.9 Å². The van der Waals surface area contributed by atoms with Gasteiger partial charge >= 0.3 is 18.0 Å². The fraction of sp³-hybridized carbons (Fsp3) is 0.357. The first-order valence-electron chi connectivity index (χ1n) is 6.40. The van der Waals surface area contributed by atoms with Gasteiger partial charge in [0.15, 0.2) is 0 Å². The summed E-state index contributed by atoms with van der Waals surface area (Å²) in [5, 5.41) is 11.2. The van der Waals surface area contributed by atoms with E-state index in [4.69, 9.17) is 9.84 Å². The van der Waals surface area contributed by atoms with Crippen molar-refractivity contribution in [2.75, 3.05) is 20.2 Å². The van der Waals surface area contributed by atoms with Crippen LogP contribution in [0.15, 0.2) is 24.3 Å². The molecule has 0 spiro atoms. The van der Waals surface area contributed by atoms with Crippen molar-refractivity contribution in [3.05, 3.63) is 35.4 Å². The molecule has 2 amide bonds. The summed E-state index contributed by atoms with van der Waals surface area (Å²) in [6.45, 7) is 2.07. The molecule has 0 aliphatic rings. The molecule has 1 rings (SSSR count). The summed E-state index contributed by atoms with van der Waals surface area (Å²) in [6, 6.07) is 5.81. The second kappa shape index (κ2) is 7.88. The summed E-state index contributed by atoms with van der Waals surface area (Å²) >= 11 is 0. The lowest BCUT2D eigenvalue weighted by atomic mass is 10.1. The summed E-state index contributed by atoms with van der Waals surface area (Å²) in [5.41, 5.74) is 0.974. The first-order valence-corrected chi connectivity index (χ1v) is 6.40. The Morgan fingerprint density at radius 1 is 1.24 bits per heavy atom. The number of carboxylic acid groups (broad SMARTS) is 1. The molecule has 0 fully saturated rings. The molecule has 0 aliphatic heterocycles. The molecule has 0 radical (unpaired) electrons. The molecular weight excluding hydrogens is 276 g/mol. The number of hydrogen-bond donors (Lipinski definition) is 2. The maximum Gasteiger partial charge on any atom is 0.335 e. The van der Waals surface area contributed by atoms with E-state index in [1.165, 1.54) is 17.0 Å². The fourth-order valence-corrected chi connectivity index (χ4v) is 1.59. The van der Waals surface area contributed by atoms with E-state index in [1.54, 1.807) is 26.1 Å². The number of amides is 2. The van der Waals surface area contributed by atoms with Gasteiger partial charge in [-0.25, -0.2) is 9.59 Å². The van der Waals surface area contributed by atoms with E-state index < -0.39 is 18.0 Å². The standard InChI is InChI=1S/C14H18N2O5/c1-3-21-12(17)8-15-14(20)16(2)9-10-4-6-11(7-5-10)13(18)19/h4-7H,3,8-9H2,1-2H3,(H,15,20)(H,18,19). The van der Waals surface area contributed by atoms with Crippen LogP contribution in [0, 0.1) is 0 Å². The average molecular weight is 294 g/mol. The van der Waals surface area contributed by atoms with Gasteiger partial charge in [-0.3, -0.25) is 4.79 Å². The first-order chi connectivity index (χ1) is 9.93. The number of aromatic carboxylic acids is 1. The number of carbonyl (C=O) groups excluding carboxylic acids is 2.